The second-order valence-corrected chi connectivity index (χ2v) is 3.70. The number of hydrogen-bond acceptors (Lipinski definition) is 4. The van der Waals surface area contributed by atoms with Crippen LogP contribution < -0.4 is 5.06 Å². The minimum absolute atomic E-state index is 0.0139. The summed E-state index contributed by atoms with van der Waals surface area (Å²) in [6.45, 7) is 1.47. The van der Waals surface area contributed by atoms with E-state index in [1.165, 1.54) is 14.0 Å². The Bertz CT molecular complexity index is 382. The van der Waals surface area contributed by atoms with Gasteiger partial charge in [-0.25, -0.2) is 0 Å². The van der Waals surface area contributed by atoms with E-state index in [0.29, 0.717) is 11.3 Å². The Labute approximate surface area is 94.5 Å². The van der Waals surface area contributed by atoms with Gasteiger partial charge < -0.3 is 4.79 Å². The van der Waals surface area contributed by atoms with Crippen LogP contribution >= 0.6 is 0 Å². The Balaban J connectivity index is 2.66. The maximum atomic E-state index is 11.6. The average Bonchev–Trinajstić information content (AvgIpc) is 2.26. The standard InChI is InChI=1S/C12H15NO3/c1-9(14)3-8-12(15)10-4-6-11(7-5-10)13(2)16/h4-7,16H,3,8H2,1-2H3. The molecule has 0 spiro atoms. The van der Waals surface area contributed by atoms with Gasteiger partial charge in [-0.05, 0) is 31.2 Å². The Morgan fingerprint density at radius 3 is 2.19 bits per heavy atom. The van der Waals surface area contributed by atoms with E-state index < -0.39 is 0 Å². The monoisotopic (exact) mass is 221 g/mol. The first-order chi connectivity index (χ1) is 7.50. The van der Waals surface area contributed by atoms with Gasteiger partial charge in [0.1, 0.15) is 5.78 Å². The van der Waals surface area contributed by atoms with Gasteiger partial charge >= 0.3 is 0 Å². The molecule has 0 bridgehead atoms. The maximum absolute atomic E-state index is 11.6. The highest BCUT2D eigenvalue weighted by Crippen LogP contribution is 2.13. The predicted molar refractivity (Wildman–Crippen MR) is 60.9 cm³/mol. The minimum Gasteiger partial charge on any atom is -0.300 e. The van der Waals surface area contributed by atoms with Gasteiger partial charge in [-0.3, -0.25) is 15.1 Å². The van der Waals surface area contributed by atoms with E-state index in [2.05, 4.69) is 0 Å². The molecule has 0 saturated carbocycles. The second kappa shape index (κ2) is 5.42. The number of nitrogens with zero attached hydrogens (tertiary/aromatic N) is 1. The molecule has 0 fully saturated rings. The molecule has 4 heteroatoms. The Morgan fingerprint density at radius 2 is 1.75 bits per heavy atom. The van der Waals surface area contributed by atoms with Crippen molar-refractivity contribution in [3.63, 3.8) is 0 Å². The summed E-state index contributed by atoms with van der Waals surface area (Å²) in [7, 11) is 1.51. The zero-order chi connectivity index (χ0) is 12.1. The summed E-state index contributed by atoms with van der Waals surface area (Å²) >= 11 is 0. The lowest BCUT2D eigenvalue weighted by Crippen LogP contribution is -2.10. The van der Waals surface area contributed by atoms with E-state index in [9.17, 15) is 9.59 Å². The van der Waals surface area contributed by atoms with Crippen molar-refractivity contribution in [2.75, 3.05) is 12.1 Å². The van der Waals surface area contributed by atoms with Gasteiger partial charge in [-0.15, -0.1) is 0 Å². The van der Waals surface area contributed by atoms with Crippen LogP contribution in [0.2, 0.25) is 0 Å². The Kier molecular flexibility index (Phi) is 4.19. The highest BCUT2D eigenvalue weighted by Gasteiger charge is 2.07. The summed E-state index contributed by atoms with van der Waals surface area (Å²) in [5.41, 5.74) is 1.18. The molecule has 0 atom stereocenters. The fourth-order valence-corrected chi connectivity index (χ4v) is 1.30. The molecule has 0 unspecified atom stereocenters. The van der Waals surface area contributed by atoms with Crippen LogP contribution in [0.1, 0.15) is 30.1 Å². The number of ketones is 2. The Morgan fingerprint density at radius 1 is 1.19 bits per heavy atom. The molecule has 1 aromatic carbocycles. The zero-order valence-corrected chi connectivity index (χ0v) is 9.43. The molecule has 1 aromatic rings. The van der Waals surface area contributed by atoms with E-state index in [1.807, 2.05) is 0 Å². The van der Waals surface area contributed by atoms with Crippen LogP contribution in [0.15, 0.2) is 24.3 Å². The molecule has 0 heterocycles. The van der Waals surface area contributed by atoms with Crippen molar-refractivity contribution < 1.29 is 14.8 Å². The molecule has 0 radical (unpaired) electrons. The van der Waals surface area contributed by atoms with E-state index in [1.54, 1.807) is 24.3 Å². The molecular formula is C12H15NO3. The molecule has 0 amide bonds. The minimum atomic E-state index is -0.0534. The largest absolute Gasteiger partial charge is 0.300 e. The normalized spacial score (nSPS) is 9.94. The molecule has 16 heavy (non-hydrogen) atoms. The van der Waals surface area contributed by atoms with E-state index in [4.69, 9.17) is 5.21 Å². The topological polar surface area (TPSA) is 57.6 Å². The van der Waals surface area contributed by atoms with Gasteiger partial charge in [0.25, 0.3) is 0 Å². The highest BCUT2D eigenvalue weighted by atomic mass is 16.5. The third-order valence-corrected chi connectivity index (χ3v) is 2.27. The van der Waals surface area contributed by atoms with Crippen molar-refractivity contribution in [1.82, 2.24) is 0 Å². The summed E-state index contributed by atoms with van der Waals surface area (Å²) in [6, 6.07) is 6.59. The van der Waals surface area contributed by atoms with Crippen molar-refractivity contribution in [2.45, 2.75) is 19.8 Å². The molecule has 86 valence electrons. The molecule has 0 aliphatic rings. The van der Waals surface area contributed by atoms with Crippen LogP contribution in [-0.2, 0) is 4.79 Å². The molecular weight excluding hydrogens is 206 g/mol. The number of Topliss-reactive ketones (excluding diaryl/α,β-unsaturated/α-hetero) is 2. The average molecular weight is 221 g/mol. The highest BCUT2D eigenvalue weighted by molar-refractivity contribution is 5.98. The molecule has 1 rings (SSSR count). The first-order valence-corrected chi connectivity index (χ1v) is 5.06. The number of carbonyl (C=O) groups is 2. The summed E-state index contributed by atoms with van der Waals surface area (Å²) in [4.78, 5) is 22.3. The molecule has 1 N–H and O–H groups in total. The van der Waals surface area contributed by atoms with Gasteiger partial charge in [0.2, 0.25) is 0 Å². The number of benzene rings is 1. The molecule has 0 aliphatic carbocycles. The molecule has 4 nitrogen and oxygen atoms in total. The van der Waals surface area contributed by atoms with Gasteiger partial charge in [0.05, 0.1) is 5.69 Å². The summed E-state index contributed by atoms with van der Waals surface area (Å²) < 4.78 is 0. The fourth-order valence-electron chi connectivity index (χ4n) is 1.30. The van der Waals surface area contributed by atoms with Crippen LogP contribution in [0, 0.1) is 0 Å². The number of anilines is 1. The van der Waals surface area contributed by atoms with Crippen molar-refractivity contribution >= 4 is 17.3 Å². The SMILES string of the molecule is CC(=O)CCC(=O)c1ccc(N(C)O)cc1. The van der Waals surface area contributed by atoms with Crippen molar-refractivity contribution in [2.24, 2.45) is 0 Å². The smallest absolute Gasteiger partial charge is 0.163 e. The van der Waals surface area contributed by atoms with Gasteiger partial charge in [0.15, 0.2) is 5.78 Å². The number of carbonyl (C=O) groups excluding carboxylic acids is 2. The third kappa shape index (κ3) is 3.47. The molecule has 0 aromatic heterocycles. The summed E-state index contributed by atoms with van der Waals surface area (Å²) in [5.74, 6) is -0.0394. The first kappa shape index (κ1) is 12.4. The van der Waals surface area contributed by atoms with Crippen LogP contribution in [0.3, 0.4) is 0 Å². The number of rotatable bonds is 5. The number of hydroxylamine groups is 1. The van der Waals surface area contributed by atoms with Crippen molar-refractivity contribution in [3.05, 3.63) is 29.8 Å². The van der Waals surface area contributed by atoms with Crippen LogP contribution in [0.4, 0.5) is 5.69 Å². The first-order valence-electron chi connectivity index (χ1n) is 5.06. The maximum Gasteiger partial charge on any atom is 0.163 e. The van der Waals surface area contributed by atoms with E-state index in [-0.39, 0.29) is 24.4 Å². The van der Waals surface area contributed by atoms with Gasteiger partial charge in [-0.2, -0.15) is 0 Å². The van der Waals surface area contributed by atoms with E-state index >= 15 is 0 Å². The van der Waals surface area contributed by atoms with Crippen LogP contribution in [0.25, 0.3) is 0 Å². The Hall–Kier alpha value is -1.68. The van der Waals surface area contributed by atoms with Crippen molar-refractivity contribution in [1.29, 1.82) is 0 Å². The third-order valence-electron chi connectivity index (χ3n) is 2.27. The fraction of sp³-hybridized carbons (Fsp3) is 0.333. The van der Waals surface area contributed by atoms with Crippen LogP contribution in [0.5, 0.6) is 0 Å². The predicted octanol–water partition coefficient (Wildman–Crippen LogP) is 2.06. The van der Waals surface area contributed by atoms with Gasteiger partial charge in [0, 0.05) is 25.5 Å². The lowest BCUT2D eigenvalue weighted by molar-refractivity contribution is -0.116. The summed E-state index contributed by atoms with van der Waals surface area (Å²) in [6.07, 6.45) is 0.518. The zero-order valence-electron chi connectivity index (χ0n) is 9.43. The molecule has 0 saturated heterocycles. The molecule has 0 aliphatic heterocycles. The lowest BCUT2D eigenvalue weighted by atomic mass is 10.1. The lowest BCUT2D eigenvalue weighted by Gasteiger charge is -2.10. The quantitative estimate of drug-likeness (QED) is 0.610. The summed E-state index contributed by atoms with van der Waals surface area (Å²) in [5, 5.41) is 10.1. The van der Waals surface area contributed by atoms with Gasteiger partial charge in [-0.1, -0.05) is 0 Å². The second-order valence-electron chi connectivity index (χ2n) is 3.70. The van der Waals surface area contributed by atoms with Crippen LogP contribution in [-0.4, -0.2) is 23.8 Å². The van der Waals surface area contributed by atoms with E-state index in [0.717, 1.165) is 5.06 Å². The number of hydrogen-bond donors (Lipinski definition) is 1. The van der Waals surface area contributed by atoms with Crippen molar-refractivity contribution in [3.8, 4) is 0 Å².